The van der Waals surface area contributed by atoms with Gasteiger partial charge in [-0.05, 0) is 18.9 Å². The summed E-state index contributed by atoms with van der Waals surface area (Å²) in [5.74, 6) is 0.287. The lowest BCUT2D eigenvalue weighted by molar-refractivity contribution is -0.130. The van der Waals surface area contributed by atoms with E-state index in [0.29, 0.717) is 38.5 Å². The van der Waals surface area contributed by atoms with Crippen molar-refractivity contribution >= 4 is 11.8 Å². The number of morpholine rings is 1. The smallest absolute Gasteiger partial charge is 0.274 e. The van der Waals surface area contributed by atoms with E-state index in [9.17, 15) is 9.59 Å². The second kappa shape index (κ2) is 6.48. The molecule has 1 aromatic heterocycles. The number of carbonyl (C=O) groups is 2. The molecule has 1 N–H and O–H groups in total. The van der Waals surface area contributed by atoms with Crippen LogP contribution in [0.25, 0.3) is 0 Å². The molecule has 0 aliphatic carbocycles. The number of hydrogen-bond acceptors (Lipinski definition) is 4. The summed E-state index contributed by atoms with van der Waals surface area (Å²) in [6, 6.07) is 1.84. The average Bonchev–Trinajstić information content (AvgIpc) is 3.05. The molecule has 0 saturated carbocycles. The first-order valence-electron chi connectivity index (χ1n) is 7.83. The van der Waals surface area contributed by atoms with E-state index in [-0.39, 0.29) is 17.7 Å². The van der Waals surface area contributed by atoms with Crippen molar-refractivity contribution < 1.29 is 14.3 Å². The molecule has 2 aliphatic rings. The molecule has 2 aliphatic heterocycles. The predicted molar refractivity (Wildman–Crippen MR) is 79.5 cm³/mol. The molecule has 0 bridgehead atoms. The van der Waals surface area contributed by atoms with Crippen LogP contribution >= 0.6 is 0 Å². The number of H-pyrrole nitrogens is 1. The Bertz CT molecular complexity index is 551. The van der Waals surface area contributed by atoms with Crippen molar-refractivity contribution in [2.75, 3.05) is 39.4 Å². The van der Waals surface area contributed by atoms with Gasteiger partial charge in [-0.15, -0.1) is 0 Å². The zero-order chi connectivity index (χ0) is 15.5. The summed E-state index contributed by atoms with van der Waals surface area (Å²) in [7, 11) is 0. The van der Waals surface area contributed by atoms with Gasteiger partial charge in [0, 0.05) is 44.7 Å². The molecule has 0 radical (unpaired) electrons. The number of piperidine rings is 1. The maximum Gasteiger partial charge on any atom is 0.274 e. The Morgan fingerprint density at radius 2 is 2.05 bits per heavy atom. The van der Waals surface area contributed by atoms with Crippen LogP contribution in [-0.4, -0.2) is 71.2 Å². The van der Waals surface area contributed by atoms with Crippen LogP contribution in [0.5, 0.6) is 0 Å². The van der Waals surface area contributed by atoms with E-state index in [1.54, 1.807) is 11.8 Å². The Hall–Kier alpha value is -1.89. The van der Waals surface area contributed by atoms with E-state index in [0.717, 1.165) is 25.1 Å². The van der Waals surface area contributed by atoms with Crippen molar-refractivity contribution in [1.82, 2.24) is 20.0 Å². The van der Waals surface area contributed by atoms with Gasteiger partial charge in [0.15, 0.2) is 0 Å². The number of hydrogen-bond donors (Lipinski definition) is 1. The minimum Gasteiger partial charge on any atom is -0.378 e. The van der Waals surface area contributed by atoms with Crippen molar-refractivity contribution in [3.8, 4) is 0 Å². The van der Waals surface area contributed by atoms with E-state index in [2.05, 4.69) is 10.2 Å². The van der Waals surface area contributed by atoms with E-state index < -0.39 is 0 Å². The van der Waals surface area contributed by atoms with Crippen molar-refractivity contribution in [1.29, 1.82) is 0 Å². The van der Waals surface area contributed by atoms with Crippen LogP contribution in [-0.2, 0) is 9.53 Å². The van der Waals surface area contributed by atoms with Crippen LogP contribution < -0.4 is 0 Å². The van der Waals surface area contributed by atoms with Gasteiger partial charge in [-0.1, -0.05) is 0 Å². The molecule has 1 atom stereocenters. The van der Waals surface area contributed by atoms with Crippen LogP contribution in [0.15, 0.2) is 6.07 Å². The van der Waals surface area contributed by atoms with Crippen LogP contribution in [0.1, 0.15) is 41.9 Å². The summed E-state index contributed by atoms with van der Waals surface area (Å²) in [6.45, 7) is 5.51. The number of nitrogens with one attached hydrogen (secondary N) is 1. The molecule has 3 heterocycles. The van der Waals surface area contributed by atoms with Crippen molar-refractivity contribution in [2.45, 2.75) is 25.7 Å². The van der Waals surface area contributed by atoms with E-state index in [1.165, 1.54) is 0 Å². The Kier molecular flexibility index (Phi) is 4.42. The van der Waals surface area contributed by atoms with Crippen molar-refractivity contribution in [3.05, 3.63) is 17.5 Å². The number of ether oxygens (including phenoxy) is 1. The molecule has 2 amide bonds. The predicted octanol–water partition coefficient (Wildman–Crippen LogP) is 0.608. The van der Waals surface area contributed by atoms with Gasteiger partial charge in [-0.3, -0.25) is 14.7 Å². The molecule has 0 spiro atoms. The van der Waals surface area contributed by atoms with Crippen molar-refractivity contribution in [3.63, 3.8) is 0 Å². The highest BCUT2D eigenvalue weighted by Gasteiger charge is 2.26. The minimum absolute atomic E-state index is 0.0509. The number of amides is 2. The summed E-state index contributed by atoms with van der Waals surface area (Å²) in [6.07, 6.45) is 1.99. The monoisotopic (exact) mass is 306 g/mol. The van der Waals surface area contributed by atoms with Gasteiger partial charge in [0.25, 0.3) is 5.91 Å². The molecule has 7 nitrogen and oxygen atoms in total. The van der Waals surface area contributed by atoms with Gasteiger partial charge in [0.2, 0.25) is 5.91 Å². The largest absolute Gasteiger partial charge is 0.378 e. The first-order valence-corrected chi connectivity index (χ1v) is 7.83. The first-order chi connectivity index (χ1) is 10.6. The molecule has 0 unspecified atom stereocenters. The van der Waals surface area contributed by atoms with E-state index in [4.69, 9.17) is 4.74 Å². The zero-order valence-corrected chi connectivity index (χ0v) is 12.9. The lowest BCUT2D eigenvalue weighted by Gasteiger charge is -2.31. The highest BCUT2D eigenvalue weighted by Crippen LogP contribution is 2.26. The number of likely N-dealkylation sites (tertiary alicyclic amines) is 1. The zero-order valence-electron chi connectivity index (χ0n) is 12.9. The summed E-state index contributed by atoms with van der Waals surface area (Å²) in [5.41, 5.74) is 1.40. The lowest BCUT2D eigenvalue weighted by Crippen LogP contribution is -2.40. The van der Waals surface area contributed by atoms with E-state index >= 15 is 0 Å². The summed E-state index contributed by atoms with van der Waals surface area (Å²) in [4.78, 5) is 27.5. The minimum atomic E-state index is -0.0509. The Balaban J connectivity index is 1.67. The van der Waals surface area contributed by atoms with Gasteiger partial charge >= 0.3 is 0 Å². The normalized spacial score (nSPS) is 22.7. The molecule has 2 fully saturated rings. The average molecular weight is 306 g/mol. The summed E-state index contributed by atoms with van der Waals surface area (Å²) >= 11 is 0. The fraction of sp³-hybridized carbons (Fsp3) is 0.667. The molecule has 3 rings (SSSR count). The standard InChI is InChI=1S/C15H22N4O3/c1-11(20)19-4-2-3-12(10-19)13-9-14(17-16-13)15(21)18-5-7-22-8-6-18/h9,12H,2-8,10H2,1H3,(H,16,17)/t12-/m1/s1. The van der Waals surface area contributed by atoms with E-state index in [1.807, 2.05) is 11.0 Å². The fourth-order valence-corrected chi connectivity index (χ4v) is 3.10. The third-order valence-electron chi connectivity index (χ3n) is 4.42. The number of carbonyl (C=O) groups excluding carboxylic acids is 2. The molecule has 2 saturated heterocycles. The van der Waals surface area contributed by atoms with Crippen LogP contribution in [0.2, 0.25) is 0 Å². The topological polar surface area (TPSA) is 78.5 Å². The van der Waals surface area contributed by atoms with Crippen LogP contribution in [0.4, 0.5) is 0 Å². The van der Waals surface area contributed by atoms with Gasteiger partial charge in [0.1, 0.15) is 5.69 Å². The number of rotatable bonds is 2. The maximum absolute atomic E-state index is 12.4. The third-order valence-corrected chi connectivity index (χ3v) is 4.42. The quantitative estimate of drug-likeness (QED) is 0.868. The molecule has 0 aromatic carbocycles. The molecule has 1 aromatic rings. The molecular formula is C15H22N4O3. The highest BCUT2D eigenvalue weighted by atomic mass is 16.5. The van der Waals surface area contributed by atoms with Gasteiger partial charge in [0.05, 0.1) is 13.2 Å². The SMILES string of the molecule is CC(=O)N1CCC[C@@H](c2cc(C(=O)N3CCOCC3)n[nH]2)C1. The molecule has 22 heavy (non-hydrogen) atoms. The summed E-state index contributed by atoms with van der Waals surface area (Å²) < 4.78 is 5.26. The van der Waals surface area contributed by atoms with Crippen molar-refractivity contribution in [2.24, 2.45) is 0 Å². The van der Waals surface area contributed by atoms with Crippen LogP contribution in [0.3, 0.4) is 0 Å². The molecular weight excluding hydrogens is 284 g/mol. The second-order valence-electron chi connectivity index (χ2n) is 5.92. The highest BCUT2D eigenvalue weighted by molar-refractivity contribution is 5.92. The van der Waals surface area contributed by atoms with Gasteiger partial charge < -0.3 is 14.5 Å². The van der Waals surface area contributed by atoms with Gasteiger partial charge in [-0.25, -0.2) is 0 Å². The molecule has 7 heteroatoms. The number of nitrogens with zero attached hydrogens (tertiary/aromatic N) is 3. The Labute approximate surface area is 129 Å². The third kappa shape index (κ3) is 3.14. The molecule has 120 valence electrons. The lowest BCUT2D eigenvalue weighted by atomic mass is 9.94. The maximum atomic E-state index is 12.4. The Morgan fingerprint density at radius 3 is 2.77 bits per heavy atom. The number of aromatic nitrogens is 2. The fourth-order valence-electron chi connectivity index (χ4n) is 3.10. The van der Waals surface area contributed by atoms with Gasteiger partial charge in [-0.2, -0.15) is 5.10 Å². The second-order valence-corrected chi connectivity index (χ2v) is 5.92. The first kappa shape index (κ1) is 15.0. The van der Waals surface area contributed by atoms with Crippen LogP contribution in [0, 0.1) is 0 Å². The Morgan fingerprint density at radius 1 is 1.27 bits per heavy atom. The number of aromatic amines is 1. The summed E-state index contributed by atoms with van der Waals surface area (Å²) in [5, 5.41) is 7.16.